The molecule has 1 saturated heterocycles. The molecule has 0 unspecified atom stereocenters. The Balaban J connectivity index is 1.69. The molecule has 6 nitrogen and oxygen atoms in total. The van der Waals surface area contributed by atoms with Gasteiger partial charge < -0.3 is 19.7 Å². The monoisotopic (exact) mass is 346 g/mol. The van der Waals surface area contributed by atoms with Crippen LogP contribution in [0.25, 0.3) is 0 Å². The first-order valence-corrected chi connectivity index (χ1v) is 8.91. The van der Waals surface area contributed by atoms with Crippen molar-refractivity contribution in [3.63, 3.8) is 0 Å². The summed E-state index contributed by atoms with van der Waals surface area (Å²) in [5.74, 6) is 0.930. The fraction of sp³-hybridized carbons (Fsp3) is 0.579. The highest BCUT2D eigenvalue weighted by molar-refractivity contribution is 6.00. The zero-order chi connectivity index (χ0) is 18.0. The largest absolute Gasteiger partial charge is 0.486 e. The minimum Gasteiger partial charge on any atom is -0.486 e. The highest BCUT2D eigenvalue weighted by Crippen LogP contribution is 2.36. The lowest BCUT2D eigenvalue weighted by Crippen LogP contribution is -2.46. The van der Waals surface area contributed by atoms with Crippen molar-refractivity contribution in [2.24, 2.45) is 5.92 Å². The van der Waals surface area contributed by atoms with Gasteiger partial charge in [0.1, 0.15) is 13.2 Å². The van der Waals surface area contributed by atoms with Crippen LogP contribution < -0.4 is 19.7 Å². The highest BCUT2D eigenvalue weighted by Gasteiger charge is 2.37. The number of rotatable bonds is 5. The lowest BCUT2D eigenvalue weighted by Gasteiger charge is -2.27. The van der Waals surface area contributed by atoms with Crippen LogP contribution in [-0.4, -0.2) is 37.1 Å². The minimum atomic E-state index is -0.322. The van der Waals surface area contributed by atoms with Gasteiger partial charge in [0.05, 0.1) is 5.92 Å². The number of hydrogen-bond acceptors (Lipinski definition) is 4. The van der Waals surface area contributed by atoms with Crippen molar-refractivity contribution in [1.29, 1.82) is 0 Å². The molecule has 2 heterocycles. The molecule has 1 aromatic rings. The fourth-order valence-electron chi connectivity index (χ4n) is 3.46. The number of anilines is 1. The van der Waals surface area contributed by atoms with Crippen LogP contribution in [-0.2, 0) is 9.59 Å². The summed E-state index contributed by atoms with van der Waals surface area (Å²) in [6, 6.07) is 5.47. The predicted octanol–water partition coefficient (Wildman–Crippen LogP) is 2.51. The molecule has 1 fully saturated rings. The molecule has 0 radical (unpaired) electrons. The van der Waals surface area contributed by atoms with Crippen molar-refractivity contribution in [2.75, 3.05) is 24.7 Å². The second kappa shape index (κ2) is 6.94. The summed E-state index contributed by atoms with van der Waals surface area (Å²) in [4.78, 5) is 26.6. The van der Waals surface area contributed by atoms with Gasteiger partial charge in [-0.1, -0.05) is 13.3 Å². The summed E-state index contributed by atoms with van der Waals surface area (Å²) in [7, 11) is 0. The quantitative estimate of drug-likeness (QED) is 0.889. The van der Waals surface area contributed by atoms with Crippen molar-refractivity contribution >= 4 is 17.5 Å². The molecule has 1 N–H and O–H groups in total. The van der Waals surface area contributed by atoms with Crippen LogP contribution >= 0.6 is 0 Å². The van der Waals surface area contributed by atoms with Gasteiger partial charge in [0, 0.05) is 30.3 Å². The summed E-state index contributed by atoms with van der Waals surface area (Å²) in [6.45, 7) is 7.56. The number of ether oxygens (including phenoxy) is 2. The standard InChI is InChI=1S/C19H26N2O4/c1-4-7-19(2,3)20-18(23)13-10-17(22)21(12-13)14-5-6-15-16(11-14)25-9-8-24-15/h5-6,11,13H,4,7-10,12H2,1-3H3,(H,20,23)/t13-/m1/s1. The van der Waals surface area contributed by atoms with Gasteiger partial charge >= 0.3 is 0 Å². The Labute approximate surface area is 148 Å². The van der Waals surface area contributed by atoms with Crippen LogP contribution in [0.2, 0.25) is 0 Å². The molecule has 2 aliphatic rings. The van der Waals surface area contributed by atoms with Crippen molar-refractivity contribution in [3.8, 4) is 11.5 Å². The first-order chi connectivity index (χ1) is 11.9. The smallest absolute Gasteiger partial charge is 0.227 e. The second-order valence-corrected chi connectivity index (χ2v) is 7.36. The number of fused-ring (bicyclic) bond motifs is 1. The number of nitrogens with one attached hydrogen (secondary N) is 1. The summed E-state index contributed by atoms with van der Waals surface area (Å²) in [5.41, 5.74) is 0.497. The van der Waals surface area contributed by atoms with E-state index in [-0.39, 0.29) is 29.7 Å². The zero-order valence-corrected chi connectivity index (χ0v) is 15.1. The van der Waals surface area contributed by atoms with Crippen molar-refractivity contribution in [3.05, 3.63) is 18.2 Å². The second-order valence-electron chi connectivity index (χ2n) is 7.36. The van der Waals surface area contributed by atoms with Crippen LogP contribution in [0, 0.1) is 5.92 Å². The van der Waals surface area contributed by atoms with E-state index < -0.39 is 0 Å². The summed E-state index contributed by atoms with van der Waals surface area (Å²) in [6.07, 6.45) is 2.15. The molecule has 3 rings (SSSR count). The van der Waals surface area contributed by atoms with Crippen LogP contribution in [0.15, 0.2) is 18.2 Å². The van der Waals surface area contributed by atoms with Gasteiger partial charge in [-0.15, -0.1) is 0 Å². The van der Waals surface area contributed by atoms with Gasteiger partial charge in [-0.2, -0.15) is 0 Å². The Kier molecular flexibility index (Phi) is 4.88. The van der Waals surface area contributed by atoms with E-state index in [1.807, 2.05) is 32.0 Å². The van der Waals surface area contributed by atoms with Gasteiger partial charge in [-0.05, 0) is 32.4 Å². The molecule has 1 aromatic carbocycles. The lowest BCUT2D eigenvalue weighted by atomic mass is 9.97. The Hall–Kier alpha value is -2.24. The van der Waals surface area contributed by atoms with E-state index in [1.165, 1.54) is 0 Å². The number of benzene rings is 1. The third-order valence-electron chi connectivity index (χ3n) is 4.67. The van der Waals surface area contributed by atoms with Crippen molar-refractivity contribution in [2.45, 2.75) is 45.6 Å². The summed E-state index contributed by atoms with van der Waals surface area (Å²) in [5, 5.41) is 3.08. The van der Waals surface area contributed by atoms with E-state index >= 15 is 0 Å². The third kappa shape index (κ3) is 3.89. The Morgan fingerprint density at radius 2 is 2.00 bits per heavy atom. The first kappa shape index (κ1) is 17.6. The number of nitrogens with zero attached hydrogens (tertiary/aromatic N) is 1. The van der Waals surface area contributed by atoms with Gasteiger partial charge in [0.15, 0.2) is 11.5 Å². The average molecular weight is 346 g/mol. The molecule has 25 heavy (non-hydrogen) atoms. The van der Waals surface area contributed by atoms with Crippen LogP contribution in [0.3, 0.4) is 0 Å². The fourth-order valence-corrected chi connectivity index (χ4v) is 3.46. The first-order valence-electron chi connectivity index (χ1n) is 8.91. The number of hydrogen-bond donors (Lipinski definition) is 1. The maximum atomic E-state index is 12.6. The molecule has 0 aliphatic carbocycles. The molecule has 6 heteroatoms. The molecular weight excluding hydrogens is 320 g/mol. The molecule has 2 amide bonds. The molecule has 0 saturated carbocycles. The Morgan fingerprint density at radius 3 is 2.72 bits per heavy atom. The van der Waals surface area contributed by atoms with E-state index in [4.69, 9.17) is 9.47 Å². The third-order valence-corrected chi connectivity index (χ3v) is 4.67. The molecule has 0 bridgehead atoms. The van der Waals surface area contributed by atoms with Crippen LogP contribution in [0.5, 0.6) is 11.5 Å². The summed E-state index contributed by atoms with van der Waals surface area (Å²) >= 11 is 0. The Bertz CT molecular complexity index is 671. The Morgan fingerprint density at radius 1 is 1.28 bits per heavy atom. The zero-order valence-electron chi connectivity index (χ0n) is 15.1. The van der Waals surface area contributed by atoms with Gasteiger partial charge in [0.25, 0.3) is 0 Å². The average Bonchev–Trinajstić information content (AvgIpc) is 2.96. The van der Waals surface area contributed by atoms with E-state index in [0.29, 0.717) is 31.3 Å². The molecule has 1 atom stereocenters. The molecule has 136 valence electrons. The number of carbonyl (C=O) groups is 2. The van der Waals surface area contributed by atoms with Crippen molar-refractivity contribution < 1.29 is 19.1 Å². The van der Waals surface area contributed by atoms with Gasteiger partial charge in [-0.25, -0.2) is 0 Å². The summed E-state index contributed by atoms with van der Waals surface area (Å²) < 4.78 is 11.1. The SMILES string of the molecule is CCCC(C)(C)NC(=O)[C@@H]1CC(=O)N(c2ccc3c(c2)OCCO3)C1. The van der Waals surface area contributed by atoms with Crippen LogP contribution in [0.1, 0.15) is 40.0 Å². The molecule has 2 aliphatic heterocycles. The normalized spacial score (nSPS) is 19.9. The van der Waals surface area contributed by atoms with E-state index in [2.05, 4.69) is 12.2 Å². The van der Waals surface area contributed by atoms with Crippen LogP contribution in [0.4, 0.5) is 5.69 Å². The molecule has 0 aromatic heterocycles. The van der Waals surface area contributed by atoms with E-state index in [0.717, 1.165) is 18.5 Å². The number of amides is 2. The van der Waals surface area contributed by atoms with E-state index in [9.17, 15) is 9.59 Å². The lowest BCUT2D eigenvalue weighted by molar-refractivity contribution is -0.127. The highest BCUT2D eigenvalue weighted by atomic mass is 16.6. The van der Waals surface area contributed by atoms with E-state index in [1.54, 1.807) is 4.90 Å². The molecular formula is C19H26N2O4. The van der Waals surface area contributed by atoms with Gasteiger partial charge in [0.2, 0.25) is 11.8 Å². The maximum Gasteiger partial charge on any atom is 0.227 e. The van der Waals surface area contributed by atoms with Gasteiger partial charge in [-0.3, -0.25) is 9.59 Å². The molecule has 0 spiro atoms. The minimum absolute atomic E-state index is 0.0369. The van der Waals surface area contributed by atoms with Crippen molar-refractivity contribution in [1.82, 2.24) is 5.32 Å². The predicted molar refractivity (Wildman–Crippen MR) is 95.0 cm³/mol. The number of carbonyl (C=O) groups excluding carboxylic acids is 2. The topological polar surface area (TPSA) is 67.9 Å². The maximum absolute atomic E-state index is 12.6.